The Morgan fingerprint density at radius 2 is 2.16 bits per heavy atom. The summed E-state index contributed by atoms with van der Waals surface area (Å²) >= 11 is 0. The lowest BCUT2D eigenvalue weighted by Crippen LogP contribution is -2.37. The van der Waals surface area contributed by atoms with Crippen molar-refractivity contribution in [1.82, 2.24) is 4.98 Å². The van der Waals surface area contributed by atoms with Gasteiger partial charge in [-0.15, -0.1) is 0 Å². The van der Waals surface area contributed by atoms with Crippen LogP contribution in [0.2, 0.25) is 0 Å². The number of pyridine rings is 1. The van der Waals surface area contributed by atoms with Crippen molar-refractivity contribution in [2.45, 2.75) is 19.8 Å². The molecule has 0 bridgehead atoms. The van der Waals surface area contributed by atoms with Crippen LogP contribution in [-0.4, -0.2) is 37.8 Å². The molecular weight excluding hydrogens is 244 g/mol. The molecule has 5 nitrogen and oxygen atoms in total. The molecule has 0 radical (unpaired) electrons. The normalized spacial score (nSPS) is 16.2. The number of methoxy groups -OCH3 is 1. The molecule has 1 aromatic heterocycles. The van der Waals surface area contributed by atoms with Gasteiger partial charge in [0.15, 0.2) is 0 Å². The highest BCUT2D eigenvalue weighted by Crippen LogP contribution is 2.25. The summed E-state index contributed by atoms with van der Waals surface area (Å²) in [5.41, 5.74) is 1.04. The predicted octanol–water partition coefficient (Wildman–Crippen LogP) is 1.87. The van der Waals surface area contributed by atoms with Gasteiger partial charge in [0.25, 0.3) is 0 Å². The standard InChI is InChI=1S/C14H20N2O3/c1-3-19-14(17)11-4-6-16(7-5-11)12-8-13(18-2)10-15-9-12/h8-11H,3-7H2,1-2H3. The fourth-order valence-electron chi connectivity index (χ4n) is 2.33. The number of aromatic nitrogens is 1. The van der Waals surface area contributed by atoms with E-state index in [1.807, 2.05) is 19.2 Å². The van der Waals surface area contributed by atoms with E-state index < -0.39 is 0 Å². The summed E-state index contributed by atoms with van der Waals surface area (Å²) in [7, 11) is 1.63. The Kier molecular flexibility index (Phi) is 4.60. The quantitative estimate of drug-likeness (QED) is 0.777. The first-order valence-electron chi connectivity index (χ1n) is 6.65. The van der Waals surface area contributed by atoms with E-state index in [1.54, 1.807) is 13.3 Å². The third kappa shape index (κ3) is 3.36. The van der Waals surface area contributed by atoms with Gasteiger partial charge in [0.05, 0.1) is 37.7 Å². The Morgan fingerprint density at radius 1 is 1.42 bits per heavy atom. The Bertz CT molecular complexity index is 428. The van der Waals surface area contributed by atoms with E-state index in [9.17, 15) is 4.79 Å². The van der Waals surface area contributed by atoms with Crippen molar-refractivity contribution in [3.05, 3.63) is 18.5 Å². The van der Waals surface area contributed by atoms with Gasteiger partial charge >= 0.3 is 5.97 Å². The minimum absolute atomic E-state index is 0.0368. The average Bonchev–Trinajstić information content (AvgIpc) is 2.48. The lowest BCUT2D eigenvalue weighted by molar-refractivity contribution is -0.148. The van der Waals surface area contributed by atoms with Gasteiger partial charge in [0.1, 0.15) is 5.75 Å². The zero-order valence-electron chi connectivity index (χ0n) is 11.5. The molecule has 0 atom stereocenters. The zero-order chi connectivity index (χ0) is 13.7. The second kappa shape index (κ2) is 6.41. The largest absolute Gasteiger partial charge is 0.495 e. The van der Waals surface area contributed by atoms with Crippen LogP contribution in [-0.2, 0) is 9.53 Å². The maximum Gasteiger partial charge on any atom is 0.309 e. The number of hydrogen-bond acceptors (Lipinski definition) is 5. The van der Waals surface area contributed by atoms with Crippen molar-refractivity contribution < 1.29 is 14.3 Å². The SMILES string of the molecule is CCOC(=O)C1CCN(c2cncc(OC)c2)CC1. The van der Waals surface area contributed by atoms with Gasteiger partial charge in [-0.3, -0.25) is 9.78 Å². The van der Waals surface area contributed by atoms with Crippen LogP contribution >= 0.6 is 0 Å². The van der Waals surface area contributed by atoms with Crippen molar-refractivity contribution in [2.24, 2.45) is 5.92 Å². The number of esters is 1. The van der Waals surface area contributed by atoms with E-state index in [2.05, 4.69) is 9.88 Å². The van der Waals surface area contributed by atoms with Crippen LogP contribution in [0.1, 0.15) is 19.8 Å². The summed E-state index contributed by atoms with van der Waals surface area (Å²) < 4.78 is 10.2. The molecule has 0 aromatic carbocycles. The molecule has 0 N–H and O–H groups in total. The first-order valence-corrected chi connectivity index (χ1v) is 6.65. The molecule has 0 unspecified atom stereocenters. The molecule has 19 heavy (non-hydrogen) atoms. The zero-order valence-corrected chi connectivity index (χ0v) is 11.5. The number of carbonyl (C=O) groups is 1. The van der Waals surface area contributed by atoms with Crippen LogP contribution in [0.5, 0.6) is 5.75 Å². The molecule has 0 aliphatic carbocycles. The molecule has 5 heteroatoms. The Labute approximate surface area is 113 Å². The average molecular weight is 264 g/mol. The highest BCUT2D eigenvalue weighted by atomic mass is 16.5. The van der Waals surface area contributed by atoms with Crippen molar-refractivity contribution >= 4 is 11.7 Å². The molecule has 1 aliphatic rings. The molecule has 1 fully saturated rings. The summed E-state index contributed by atoms with van der Waals surface area (Å²) in [5.74, 6) is 0.728. The lowest BCUT2D eigenvalue weighted by atomic mass is 9.97. The van der Waals surface area contributed by atoms with Crippen molar-refractivity contribution in [1.29, 1.82) is 0 Å². The molecule has 1 aromatic rings. The van der Waals surface area contributed by atoms with Crippen molar-refractivity contribution in [3.63, 3.8) is 0 Å². The monoisotopic (exact) mass is 264 g/mol. The van der Waals surface area contributed by atoms with Gasteiger partial charge in [-0.25, -0.2) is 0 Å². The van der Waals surface area contributed by atoms with Crippen molar-refractivity contribution in [2.75, 3.05) is 31.7 Å². The summed E-state index contributed by atoms with van der Waals surface area (Å²) in [6.45, 7) is 3.99. The minimum Gasteiger partial charge on any atom is -0.495 e. The van der Waals surface area contributed by atoms with Gasteiger partial charge in [-0.05, 0) is 19.8 Å². The molecule has 2 rings (SSSR count). The van der Waals surface area contributed by atoms with Crippen LogP contribution in [0.15, 0.2) is 18.5 Å². The van der Waals surface area contributed by atoms with Gasteiger partial charge in [-0.1, -0.05) is 0 Å². The summed E-state index contributed by atoms with van der Waals surface area (Å²) in [6.07, 6.45) is 5.17. The number of carbonyl (C=O) groups excluding carboxylic acids is 1. The van der Waals surface area contributed by atoms with E-state index in [4.69, 9.17) is 9.47 Å². The third-order valence-corrected chi connectivity index (χ3v) is 3.41. The lowest BCUT2D eigenvalue weighted by Gasteiger charge is -2.32. The van der Waals surface area contributed by atoms with Gasteiger partial charge in [0, 0.05) is 19.2 Å². The van der Waals surface area contributed by atoms with Crippen molar-refractivity contribution in [3.8, 4) is 5.75 Å². The van der Waals surface area contributed by atoms with E-state index in [0.29, 0.717) is 6.61 Å². The van der Waals surface area contributed by atoms with E-state index >= 15 is 0 Å². The van der Waals surface area contributed by atoms with Gasteiger partial charge < -0.3 is 14.4 Å². The molecular formula is C14H20N2O3. The first kappa shape index (κ1) is 13.6. The van der Waals surface area contributed by atoms with Crippen LogP contribution in [0, 0.1) is 5.92 Å². The first-order chi connectivity index (χ1) is 9.24. The molecule has 0 spiro atoms. The maximum absolute atomic E-state index is 11.7. The van der Waals surface area contributed by atoms with Crippen LogP contribution in [0.25, 0.3) is 0 Å². The third-order valence-electron chi connectivity index (χ3n) is 3.41. The number of anilines is 1. The minimum atomic E-state index is -0.0640. The van der Waals surface area contributed by atoms with Crippen LogP contribution in [0.4, 0.5) is 5.69 Å². The second-order valence-electron chi connectivity index (χ2n) is 4.60. The van der Waals surface area contributed by atoms with Gasteiger partial charge in [-0.2, -0.15) is 0 Å². The smallest absolute Gasteiger partial charge is 0.309 e. The number of ether oxygens (including phenoxy) is 2. The molecule has 1 aliphatic heterocycles. The molecule has 1 saturated heterocycles. The molecule has 0 amide bonds. The summed E-state index contributed by atoms with van der Waals surface area (Å²) in [5, 5.41) is 0. The van der Waals surface area contributed by atoms with E-state index in [1.165, 1.54) is 0 Å². The predicted molar refractivity (Wildman–Crippen MR) is 72.4 cm³/mol. The Balaban J connectivity index is 1.94. The fraction of sp³-hybridized carbons (Fsp3) is 0.571. The summed E-state index contributed by atoms with van der Waals surface area (Å²) in [6, 6.07) is 1.97. The Morgan fingerprint density at radius 3 is 2.79 bits per heavy atom. The molecule has 104 valence electrons. The van der Waals surface area contributed by atoms with E-state index in [0.717, 1.165) is 37.4 Å². The highest BCUT2D eigenvalue weighted by Gasteiger charge is 2.26. The topological polar surface area (TPSA) is 51.7 Å². The highest BCUT2D eigenvalue weighted by molar-refractivity contribution is 5.72. The number of piperidine rings is 1. The molecule has 0 saturated carbocycles. The second-order valence-corrected chi connectivity index (χ2v) is 4.60. The number of nitrogens with zero attached hydrogens (tertiary/aromatic N) is 2. The Hall–Kier alpha value is -1.78. The number of hydrogen-bond donors (Lipinski definition) is 0. The fourth-order valence-corrected chi connectivity index (χ4v) is 2.33. The van der Waals surface area contributed by atoms with Crippen LogP contribution in [0.3, 0.4) is 0 Å². The van der Waals surface area contributed by atoms with Crippen LogP contribution < -0.4 is 9.64 Å². The van der Waals surface area contributed by atoms with Gasteiger partial charge in [0.2, 0.25) is 0 Å². The molecule has 2 heterocycles. The van der Waals surface area contributed by atoms with E-state index in [-0.39, 0.29) is 11.9 Å². The maximum atomic E-state index is 11.7. The number of rotatable bonds is 4. The summed E-state index contributed by atoms with van der Waals surface area (Å²) in [4.78, 5) is 18.1.